The van der Waals surface area contributed by atoms with E-state index in [9.17, 15) is 18.4 Å². The minimum atomic E-state index is -2.69. The minimum Gasteiger partial charge on any atom is -0.491 e. The third-order valence-corrected chi connectivity index (χ3v) is 5.33. The smallest absolute Gasteiger partial charge is 0.282 e. The van der Waals surface area contributed by atoms with Crippen LogP contribution in [0, 0.1) is 11.8 Å². The Hall–Kier alpha value is -2.18. The Kier molecular flexibility index (Phi) is 6.44. The molecule has 1 atom stereocenters. The Balaban J connectivity index is 1.76. The number of carbonyl (C=O) groups is 2. The van der Waals surface area contributed by atoms with Gasteiger partial charge in [0.25, 0.3) is 11.8 Å². The Bertz CT molecular complexity index is 754. The van der Waals surface area contributed by atoms with Gasteiger partial charge in [-0.25, -0.2) is 8.78 Å². The van der Waals surface area contributed by atoms with Crippen LogP contribution in [0.25, 0.3) is 0 Å². The number of rotatable bonds is 10. The van der Waals surface area contributed by atoms with Crippen LogP contribution in [0.15, 0.2) is 18.2 Å². The molecule has 1 saturated heterocycles. The van der Waals surface area contributed by atoms with Gasteiger partial charge < -0.3 is 15.0 Å². The molecule has 1 saturated carbocycles. The summed E-state index contributed by atoms with van der Waals surface area (Å²) in [5.74, 6) is -1.83. The van der Waals surface area contributed by atoms with Crippen LogP contribution >= 0.6 is 0 Å². The van der Waals surface area contributed by atoms with E-state index >= 15 is 0 Å². The first-order chi connectivity index (χ1) is 13.7. The van der Waals surface area contributed by atoms with Crippen LogP contribution in [-0.2, 0) is 4.79 Å². The number of halogens is 2. The van der Waals surface area contributed by atoms with Crippen LogP contribution in [0.1, 0.15) is 56.8 Å². The van der Waals surface area contributed by atoms with Crippen molar-refractivity contribution in [2.45, 2.75) is 58.4 Å². The predicted octanol–water partition coefficient (Wildman–Crippen LogP) is 4.05. The molecule has 2 aliphatic rings. The highest BCUT2D eigenvalue weighted by atomic mass is 19.3. The van der Waals surface area contributed by atoms with Crippen molar-refractivity contribution >= 4 is 17.4 Å². The quantitative estimate of drug-likeness (QED) is 0.634. The van der Waals surface area contributed by atoms with Crippen molar-refractivity contribution in [3.8, 4) is 5.75 Å². The van der Waals surface area contributed by atoms with Gasteiger partial charge in [0.05, 0.1) is 31.4 Å². The number of nitrogens with one attached hydrogen (secondary N) is 1. The zero-order valence-corrected chi connectivity index (χ0v) is 17.3. The van der Waals surface area contributed by atoms with Gasteiger partial charge in [0, 0.05) is 12.0 Å². The molecular formula is C22H30F2N2O3. The number of amides is 1. The number of Topliss-reactive ketones (excluding diaryl/α,β-unsaturated/α-hetero) is 1. The van der Waals surface area contributed by atoms with Crippen molar-refractivity contribution in [3.63, 3.8) is 0 Å². The molecule has 1 aromatic rings. The fourth-order valence-corrected chi connectivity index (χ4v) is 3.44. The Morgan fingerprint density at radius 1 is 1.28 bits per heavy atom. The van der Waals surface area contributed by atoms with Crippen LogP contribution < -0.4 is 15.0 Å². The van der Waals surface area contributed by atoms with Gasteiger partial charge in [0.1, 0.15) is 5.75 Å². The molecule has 1 aliphatic carbocycles. The SMILES string of the molecule is CCC(=O)[C@H](CC(C)C)NC(=O)c1ccc(N2CC(F)(F)C2)c(OCC2CC2)c1. The van der Waals surface area contributed by atoms with Crippen molar-refractivity contribution in [2.75, 3.05) is 24.6 Å². The molecule has 3 rings (SSSR count). The third kappa shape index (κ3) is 5.67. The summed E-state index contributed by atoms with van der Waals surface area (Å²) in [5, 5.41) is 2.83. The lowest BCUT2D eigenvalue weighted by molar-refractivity contribution is -0.120. The zero-order valence-electron chi connectivity index (χ0n) is 17.3. The largest absolute Gasteiger partial charge is 0.491 e. The summed E-state index contributed by atoms with van der Waals surface area (Å²) in [6, 6.07) is 4.34. The van der Waals surface area contributed by atoms with Gasteiger partial charge in [-0.15, -0.1) is 0 Å². The second kappa shape index (κ2) is 8.67. The number of benzene rings is 1. The lowest BCUT2D eigenvalue weighted by Crippen LogP contribution is -2.56. The molecule has 1 amide bonds. The normalized spacial score (nSPS) is 18.9. The summed E-state index contributed by atoms with van der Waals surface area (Å²) < 4.78 is 32.5. The first kappa shape index (κ1) is 21.5. The van der Waals surface area contributed by atoms with Crippen LogP contribution in [0.2, 0.25) is 0 Å². The van der Waals surface area contributed by atoms with Crippen molar-refractivity contribution in [1.29, 1.82) is 0 Å². The van der Waals surface area contributed by atoms with Crippen molar-refractivity contribution < 1.29 is 23.1 Å². The van der Waals surface area contributed by atoms with Gasteiger partial charge in [0.2, 0.25) is 0 Å². The Labute approximate surface area is 170 Å². The van der Waals surface area contributed by atoms with E-state index < -0.39 is 12.0 Å². The van der Waals surface area contributed by atoms with Gasteiger partial charge >= 0.3 is 0 Å². The maximum absolute atomic E-state index is 13.3. The number of nitrogens with zero attached hydrogens (tertiary/aromatic N) is 1. The highest BCUT2D eigenvalue weighted by Crippen LogP contribution is 2.39. The van der Waals surface area contributed by atoms with Crippen LogP contribution in [0.3, 0.4) is 0 Å². The number of ketones is 1. The predicted molar refractivity (Wildman–Crippen MR) is 108 cm³/mol. The molecule has 2 fully saturated rings. The maximum Gasteiger partial charge on any atom is 0.282 e. The molecule has 0 bridgehead atoms. The van der Waals surface area contributed by atoms with E-state index in [1.165, 1.54) is 0 Å². The molecule has 1 aromatic carbocycles. The van der Waals surface area contributed by atoms with E-state index in [1.807, 2.05) is 13.8 Å². The molecule has 160 valence electrons. The summed E-state index contributed by atoms with van der Waals surface area (Å²) in [6.07, 6.45) is 3.14. The number of hydrogen-bond donors (Lipinski definition) is 1. The Morgan fingerprint density at radius 3 is 2.52 bits per heavy atom. The van der Waals surface area contributed by atoms with E-state index in [0.29, 0.717) is 42.4 Å². The number of hydrogen-bond acceptors (Lipinski definition) is 4. The topological polar surface area (TPSA) is 58.6 Å². The number of ether oxygens (including phenoxy) is 1. The number of alkyl halides is 2. The van der Waals surface area contributed by atoms with E-state index in [0.717, 1.165) is 12.8 Å². The lowest BCUT2D eigenvalue weighted by atomic mass is 9.98. The molecule has 29 heavy (non-hydrogen) atoms. The average molecular weight is 408 g/mol. The summed E-state index contributed by atoms with van der Waals surface area (Å²) in [5.41, 5.74) is 0.945. The fourth-order valence-electron chi connectivity index (χ4n) is 3.44. The van der Waals surface area contributed by atoms with Crippen molar-refractivity contribution in [2.24, 2.45) is 11.8 Å². The van der Waals surface area contributed by atoms with Gasteiger partial charge in [-0.1, -0.05) is 20.8 Å². The molecule has 0 unspecified atom stereocenters. The minimum absolute atomic E-state index is 0.00307. The first-order valence-corrected chi connectivity index (χ1v) is 10.4. The molecule has 5 nitrogen and oxygen atoms in total. The molecule has 7 heteroatoms. The average Bonchev–Trinajstić information content (AvgIpc) is 3.47. The fraction of sp³-hybridized carbons (Fsp3) is 0.636. The number of carbonyl (C=O) groups excluding carboxylic acids is 2. The third-order valence-electron chi connectivity index (χ3n) is 5.33. The zero-order chi connectivity index (χ0) is 21.2. The number of anilines is 1. The standard InChI is InChI=1S/C22H30F2N2O3/c1-4-19(27)17(9-14(2)3)25-21(28)16-7-8-18(26-12-22(23,24)13-26)20(10-16)29-11-15-5-6-15/h7-8,10,14-15,17H,4-6,9,11-13H2,1-3H3,(H,25,28)/t17-/m0/s1. The second-order valence-electron chi connectivity index (χ2n) is 8.62. The first-order valence-electron chi connectivity index (χ1n) is 10.4. The van der Waals surface area contributed by atoms with E-state index in [-0.39, 0.29) is 30.7 Å². The van der Waals surface area contributed by atoms with Crippen LogP contribution in [-0.4, -0.2) is 43.4 Å². The van der Waals surface area contributed by atoms with E-state index in [1.54, 1.807) is 30.0 Å². The molecular weight excluding hydrogens is 378 g/mol. The molecule has 0 aromatic heterocycles. The lowest BCUT2D eigenvalue weighted by Gasteiger charge is -2.41. The van der Waals surface area contributed by atoms with Crippen LogP contribution in [0.4, 0.5) is 14.5 Å². The molecule has 1 heterocycles. The second-order valence-corrected chi connectivity index (χ2v) is 8.62. The molecule has 0 spiro atoms. The highest BCUT2D eigenvalue weighted by Gasteiger charge is 2.45. The van der Waals surface area contributed by atoms with Gasteiger partial charge in [-0.05, 0) is 49.3 Å². The van der Waals surface area contributed by atoms with Crippen molar-refractivity contribution in [3.05, 3.63) is 23.8 Å². The summed E-state index contributed by atoms with van der Waals surface area (Å²) >= 11 is 0. The summed E-state index contributed by atoms with van der Waals surface area (Å²) in [6.45, 7) is 5.61. The molecule has 1 aliphatic heterocycles. The van der Waals surface area contributed by atoms with Gasteiger partial charge in [-0.3, -0.25) is 9.59 Å². The molecule has 1 N–H and O–H groups in total. The van der Waals surface area contributed by atoms with E-state index in [4.69, 9.17) is 4.74 Å². The summed E-state index contributed by atoms with van der Waals surface area (Å²) in [7, 11) is 0. The van der Waals surface area contributed by atoms with Gasteiger partial charge in [-0.2, -0.15) is 0 Å². The van der Waals surface area contributed by atoms with E-state index in [2.05, 4.69) is 5.32 Å². The highest BCUT2D eigenvalue weighted by molar-refractivity contribution is 5.98. The molecule has 0 radical (unpaired) electrons. The monoisotopic (exact) mass is 408 g/mol. The Morgan fingerprint density at radius 2 is 1.97 bits per heavy atom. The summed E-state index contributed by atoms with van der Waals surface area (Å²) in [4.78, 5) is 26.5. The maximum atomic E-state index is 13.3. The van der Waals surface area contributed by atoms with Crippen LogP contribution in [0.5, 0.6) is 5.75 Å². The van der Waals surface area contributed by atoms with Crippen molar-refractivity contribution in [1.82, 2.24) is 5.32 Å². The van der Waals surface area contributed by atoms with Gasteiger partial charge in [0.15, 0.2) is 5.78 Å².